The first-order valence-electron chi connectivity index (χ1n) is 7.82. The summed E-state index contributed by atoms with van der Waals surface area (Å²) in [7, 11) is 4.75. The topological polar surface area (TPSA) is 67.9 Å². The molecule has 0 unspecified atom stereocenters. The van der Waals surface area contributed by atoms with Crippen molar-refractivity contribution in [2.24, 2.45) is 0 Å². The van der Waals surface area contributed by atoms with E-state index in [1.165, 1.54) is 4.90 Å². The molecule has 0 saturated carbocycles. The number of carbonyl (C=O) groups excluding carboxylic acids is 2. The Morgan fingerprint density at radius 3 is 2.32 bits per heavy atom. The number of benzene rings is 2. The molecule has 132 valence electrons. The minimum Gasteiger partial charge on any atom is -0.497 e. The van der Waals surface area contributed by atoms with Gasteiger partial charge in [-0.1, -0.05) is 18.2 Å². The number of nitrogens with one attached hydrogen (secondary N) is 1. The number of rotatable bonds is 7. The zero-order valence-electron chi connectivity index (χ0n) is 14.6. The lowest BCUT2D eigenvalue weighted by molar-refractivity contribution is -0.132. The Morgan fingerprint density at radius 2 is 1.64 bits per heavy atom. The van der Waals surface area contributed by atoms with Crippen molar-refractivity contribution in [2.75, 3.05) is 33.1 Å². The van der Waals surface area contributed by atoms with E-state index in [0.29, 0.717) is 17.2 Å². The molecule has 0 aliphatic heterocycles. The summed E-state index contributed by atoms with van der Waals surface area (Å²) < 4.78 is 10.3. The van der Waals surface area contributed by atoms with E-state index in [1.807, 2.05) is 24.3 Å². The number of methoxy groups -OCH3 is 2. The van der Waals surface area contributed by atoms with Gasteiger partial charge in [0.2, 0.25) is 11.8 Å². The fraction of sp³-hybridized carbons (Fsp3) is 0.263. The second kappa shape index (κ2) is 8.73. The van der Waals surface area contributed by atoms with Gasteiger partial charge in [0.05, 0.1) is 27.2 Å². The highest BCUT2D eigenvalue weighted by molar-refractivity contribution is 5.94. The number of carbonyl (C=O) groups is 2. The van der Waals surface area contributed by atoms with Gasteiger partial charge in [-0.05, 0) is 29.8 Å². The van der Waals surface area contributed by atoms with Crippen LogP contribution in [-0.2, 0) is 16.0 Å². The van der Waals surface area contributed by atoms with Gasteiger partial charge in [-0.15, -0.1) is 0 Å². The van der Waals surface area contributed by atoms with Gasteiger partial charge in [0.15, 0.2) is 0 Å². The summed E-state index contributed by atoms with van der Waals surface area (Å²) in [5.41, 5.74) is 1.46. The van der Waals surface area contributed by atoms with Crippen LogP contribution in [0.15, 0.2) is 48.5 Å². The van der Waals surface area contributed by atoms with Crippen molar-refractivity contribution in [2.45, 2.75) is 6.42 Å². The van der Waals surface area contributed by atoms with E-state index >= 15 is 0 Å². The average Bonchev–Trinajstić information content (AvgIpc) is 2.61. The first kappa shape index (κ1) is 18.3. The standard InChI is InChI=1S/C19H22N2O4/c1-21(19(23)11-14-6-4-8-16(10-14)24-2)13-18(22)20-15-7-5-9-17(12-15)25-3/h4-10,12H,11,13H2,1-3H3,(H,20,22). The van der Waals surface area contributed by atoms with Crippen LogP contribution < -0.4 is 14.8 Å². The van der Waals surface area contributed by atoms with E-state index in [2.05, 4.69) is 5.32 Å². The van der Waals surface area contributed by atoms with Crippen LogP contribution in [0.5, 0.6) is 11.5 Å². The largest absolute Gasteiger partial charge is 0.497 e. The van der Waals surface area contributed by atoms with E-state index in [0.717, 1.165) is 5.56 Å². The third-order valence-electron chi connectivity index (χ3n) is 3.65. The Balaban J connectivity index is 1.90. The molecule has 25 heavy (non-hydrogen) atoms. The predicted octanol–water partition coefficient (Wildman–Crippen LogP) is 2.34. The Morgan fingerprint density at radius 1 is 1.00 bits per heavy atom. The van der Waals surface area contributed by atoms with Crippen molar-refractivity contribution < 1.29 is 19.1 Å². The van der Waals surface area contributed by atoms with Crippen LogP contribution in [0.25, 0.3) is 0 Å². The number of anilines is 1. The molecule has 6 nitrogen and oxygen atoms in total. The molecule has 0 fully saturated rings. The highest BCUT2D eigenvalue weighted by Crippen LogP contribution is 2.17. The summed E-state index contributed by atoms with van der Waals surface area (Å²) in [5.74, 6) is 0.938. The molecule has 0 radical (unpaired) electrons. The molecule has 2 aromatic carbocycles. The van der Waals surface area contributed by atoms with Gasteiger partial charge >= 0.3 is 0 Å². The zero-order chi connectivity index (χ0) is 18.2. The lowest BCUT2D eigenvalue weighted by atomic mass is 10.1. The van der Waals surface area contributed by atoms with E-state index in [4.69, 9.17) is 9.47 Å². The molecule has 0 aromatic heterocycles. The molecule has 2 rings (SSSR count). The molecule has 0 saturated heterocycles. The lowest BCUT2D eigenvalue weighted by Gasteiger charge is -2.17. The Kier molecular flexibility index (Phi) is 6.39. The van der Waals surface area contributed by atoms with Crippen molar-refractivity contribution in [1.82, 2.24) is 4.90 Å². The van der Waals surface area contributed by atoms with Gasteiger partial charge in [0.25, 0.3) is 0 Å². The SMILES string of the molecule is COc1cccc(CC(=O)N(C)CC(=O)Nc2cccc(OC)c2)c1. The molecule has 0 heterocycles. The second-order valence-electron chi connectivity index (χ2n) is 5.56. The molecular weight excluding hydrogens is 320 g/mol. The van der Waals surface area contributed by atoms with Crippen molar-refractivity contribution in [1.29, 1.82) is 0 Å². The molecular formula is C19H22N2O4. The monoisotopic (exact) mass is 342 g/mol. The molecule has 0 aliphatic carbocycles. The molecule has 2 aromatic rings. The van der Waals surface area contributed by atoms with Crippen LogP contribution in [0.4, 0.5) is 5.69 Å². The molecule has 0 bridgehead atoms. The summed E-state index contributed by atoms with van der Waals surface area (Å²) in [6.07, 6.45) is 0.208. The van der Waals surface area contributed by atoms with Gasteiger partial charge in [-0.3, -0.25) is 9.59 Å². The van der Waals surface area contributed by atoms with Gasteiger partial charge in [-0.25, -0.2) is 0 Å². The van der Waals surface area contributed by atoms with Gasteiger partial charge < -0.3 is 19.7 Å². The third-order valence-corrected chi connectivity index (χ3v) is 3.65. The van der Waals surface area contributed by atoms with Crippen LogP contribution in [0, 0.1) is 0 Å². The predicted molar refractivity (Wildman–Crippen MR) is 96.0 cm³/mol. The Bertz CT molecular complexity index is 746. The van der Waals surface area contributed by atoms with E-state index in [-0.39, 0.29) is 24.8 Å². The van der Waals surface area contributed by atoms with Crippen molar-refractivity contribution in [3.05, 3.63) is 54.1 Å². The van der Waals surface area contributed by atoms with Gasteiger partial charge in [-0.2, -0.15) is 0 Å². The quantitative estimate of drug-likeness (QED) is 0.839. The van der Waals surface area contributed by atoms with Crippen LogP contribution in [0.3, 0.4) is 0 Å². The van der Waals surface area contributed by atoms with E-state index < -0.39 is 0 Å². The van der Waals surface area contributed by atoms with Gasteiger partial charge in [0.1, 0.15) is 11.5 Å². The molecule has 2 amide bonds. The maximum Gasteiger partial charge on any atom is 0.243 e. The summed E-state index contributed by atoms with van der Waals surface area (Å²) in [6, 6.07) is 14.4. The average molecular weight is 342 g/mol. The minimum absolute atomic E-state index is 0.0278. The highest BCUT2D eigenvalue weighted by atomic mass is 16.5. The molecule has 6 heteroatoms. The van der Waals surface area contributed by atoms with Gasteiger partial charge in [0, 0.05) is 18.8 Å². The maximum atomic E-state index is 12.3. The first-order valence-corrected chi connectivity index (χ1v) is 7.82. The highest BCUT2D eigenvalue weighted by Gasteiger charge is 2.14. The fourth-order valence-corrected chi connectivity index (χ4v) is 2.30. The van der Waals surface area contributed by atoms with E-state index in [1.54, 1.807) is 45.5 Å². The molecule has 0 spiro atoms. The summed E-state index contributed by atoms with van der Waals surface area (Å²) in [4.78, 5) is 25.8. The second-order valence-corrected chi connectivity index (χ2v) is 5.56. The van der Waals surface area contributed by atoms with Crippen molar-refractivity contribution in [3.8, 4) is 11.5 Å². The van der Waals surface area contributed by atoms with Crippen molar-refractivity contribution >= 4 is 17.5 Å². The summed E-state index contributed by atoms with van der Waals surface area (Å²) >= 11 is 0. The minimum atomic E-state index is -0.269. The molecule has 0 aliphatic rings. The number of hydrogen-bond donors (Lipinski definition) is 1. The van der Waals surface area contributed by atoms with Crippen LogP contribution in [0.2, 0.25) is 0 Å². The third kappa shape index (κ3) is 5.53. The van der Waals surface area contributed by atoms with Crippen LogP contribution in [0.1, 0.15) is 5.56 Å². The van der Waals surface area contributed by atoms with Crippen molar-refractivity contribution in [3.63, 3.8) is 0 Å². The molecule has 1 N–H and O–H groups in total. The first-order chi connectivity index (χ1) is 12.0. The Labute approximate surface area is 147 Å². The Hall–Kier alpha value is -3.02. The van der Waals surface area contributed by atoms with Crippen LogP contribution >= 0.6 is 0 Å². The van der Waals surface area contributed by atoms with Crippen LogP contribution in [-0.4, -0.2) is 44.5 Å². The number of ether oxygens (including phenoxy) is 2. The maximum absolute atomic E-state index is 12.3. The number of amides is 2. The molecule has 0 atom stereocenters. The zero-order valence-corrected chi connectivity index (χ0v) is 14.6. The normalized spacial score (nSPS) is 10.0. The summed E-state index contributed by atoms with van der Waals surface area (Å²) in [5, 5.41) is 2.75. The smallest absolute Gasteiger partial charge is 0.243 e. The number of hydrogen-bond acceptors (Lipinski definition) is 4. The number of nitrogens with zero attached hydrogens (tertiary/aromatic N) is 1. The van der Waals surface area contributed by atoms with E-state index in [9.17, 15) is 9.59 Å². The lowest BCUT2D eigenvalue weighted by Crippen LogP contribution is -2.35. The summed E-state index contributed by atoms with van der Waals surface area (Å²) in [6.45, 7) is -0.0278. The number of likely N-dealkylation sites (N-methyl/N-ethyl adjacent to an activating group) is 1. The fourth-order valence-electron chi connectivity index (χ4n) is 2.30.